The maximum Gasteiger partial charge on any atom is 0.220 e. The van der Waals surface area contributed by atoms with Gasteiger partial charge >= 0.3 is 0 Å². The smallest absolute Gasteiger partial charge is 0.220 e. The van der Waals surface area contributed by atoms with Gasteiger partial charge in [0.15, 0.2) is 11.5 Å². The normalized spacial score (nSPS) is 12.6. The van der Waals surface area contributed by atoms with Gasteiger partial charge in [-0.3, -0.25) is 9.78 Å². The molecule has 3 aromatic carbocycles. The van der Waals surface area contributed by atoms with E-state index in [1.165, 1.54) is 0 Å². The van der Waals surface area contributed by atoms with Crippen LogP contribution in [0.4, 0.5) is 5.69 Å². The SMILES string of the molecule is COc1cc(NC(C)CCCC(=O)N[C@H](C)c2ccccc2)c2nccc(C)c2c1Oc1ccc(Cl)c(Cl)c1. The van der Waals surface area contributed by atoms with Crippen molar-refractivity contribution in [1.82, 2.24) is 10.3 Å². The third kappa shape index (κ3) is 7.14. The number of halogens is 2. The molecule has 0 fully saturated rings. The van der Waals surface area contributed by atoms with Crippen LogP contribution in [0, 0.1) is 6.92 Å². The van der Waals surface area contributed by atoms with E-state index in [9.17, 15) is 4.79 Å². The first-order valence-corrected chi connectivity index (χ1v) is 13.7. The van der Waals surface area contributed by atoms with Crippen molar-refractivity contribution >= 4 is 45.7 Å². The molecule has 4 aromatic rings. The fourth-order valence-electron chi connectivity index (χ4n) is 4.50. The van der Waals surface area contributed by atoms with E-state index in [1.54, 1.807) is 31.5 Å². The molecule has 0 aliphatic heterocycles. The second kappa shape index (κ2) is 13.0. The Labute approximate surface area is 239 Å². The van der Waals surface area contributed by atoms with E-state index in [1.807, 2.05) is 56.3 Å². The van der Waals surface area contributed by atoms with Gasteiger partial charge in [0.25, 0.3) is 0 Å². The number of benzene rings is 3. The van der Waals surface area contributed by atoms with Crippen molar-refractivity contribution in [1.29, 1.82) is 0 Å². The van der Waals surface area contributed by atoms with Gasteiger partial charge in [-0.1, -0.05) is 53.5 Å². The maximum absolute atomic E-state index is 12.5. The summed E-state index contributed by atoms with van der Waals surface area (Å²) >= 11 is 12.3. The molecule has 204 valence electrons. The van der Waals surface area contributed by atoms with Crippen LogP contribution < -0.4 is 20.1 Å². The molecule has 0 saturated heterocycles. The minimum Gasteiger partial charge on any atom is -0.493 e. The number of hydrogen-bond donors (Lipinski definition) is 2. The minimum absolute atomic E-state index is 0.0213. The van der Waals surface area contributed by atoms with Crippen LogP contribution in [-0.4, -0.2) is 24.0 Å². The van der Waals surface area contributed by atoms with Crippen LogP contribution in [0.2, 0.25) is 10.0 Å². The van der Waals surface area contributed by atoms with Gasteiger partial charge in [0, 0.05) is 30.8 Å². The number of fused-ring (bicyclic) bond motifs is 1. The highest BCUT2D eigenvalue weighted by Gasteiger charge is 2.19. The van der Waals surface area contributed by atoms with Gasteiger partial charge < -0.3 is 20.1 Å². The monoisotopic (exact) mass is 565 g/mol. The van der Waals surface area contributed by atoms with Gasteiger partial charge in [-0.15, -0.1) is 0 Å². The Balaban J connectivity index is 1.46. The molecule has 8 heteroatoms. The number of aryl methyl sites for hydroxylation is 1. The molecule has 39 heavy (non-hydrogen) atoms. The molecular weight excluding hydrogens is 533 g/mol. The predicted molar refractivity (Wildman–Crippen MR) is 160 cm³/mol. The number of aromatic nitrogens is 1. The summed E-state index contributed by atoms with van der Waals surface area (Å²) in [4.78, 5) is 17.2. The van der Waals surface area contributed by atoms with E-state index >= 15 is 0 Å². The molecule has 0 spiro atoms. The summed E-state index contributed by atoms with van der Waals surface area (Å²) < 4.78 is 12.0. The molecule has 1 aromatic heterocycles. The van der Waals surface area contributed by atoms with Crippen molar-refractivity contribution in [3.63, 3.8) is 0 Å². The van der Waals surface area contributed by atoms with Gasteiger partial charge in [-0.25, -0.2) is 0 Å². The summed E-state index contributed by atoms with van der Waals surface area (Å²) in [7, 11) is 1.61. The van der Waals surface area contributed by atoms with E-state index < -0.39 is 0 Å². The number of amides is 1. The first kappa shape index (κ1) is 28.5. The number of carbonyl (C=O) groups excluding carboxylic acids is 1. The minimum atomic E-state index is -0.0213. The molecule has 1 amide bonds. The van der Waals surface area contributed by atoms with E-state index in [-0.39, 0.29) is 18.0 Å². The summed E-state index contributed by atoms with van der Waals surface area (Å²) in [6.07, 6.45) is 3.80. The Morgan fingerprint density at radius 2 is 1.79 bits per heavy atom. The van der Waals surface area contributed by atoms with Gasteiger partial charge in [-0.2, -0.15) is 0 Å². The van der Waals surface area contributed by atoms with Crippen molar-refractivity contribution in [2.24, 2.45) is 0 Å². The van der Waals surface area contributed by atoms with Crippen LogP contribution in [0.3, 0.4) is 0 Å². The molecule has 2 N–H and O–H groups in total. The average molecular weight is 567 g/mol. The first-order valence-electron chi connectivity index (χ1n) is 13.0. The van der Waals surface area contributed by atoms with Gasteiger partial charge in [0.05, 0.1) is 39.8 Å². The van der Waals surface area contributed by atoms with Crippen molar-refractivity contribution < 1.29 is 14.3 Å². The van der Waals surface area contributed by atoms with Crippen LogP contribution in [0.1, 0.15) is 50.3 Å². The van der Waals surface area contributed by atoms with Crippen molar-refractivity contribution in [3.05, 3.63) is 88.0 Å². The summed E-state index contributed by atoms with van der Waals surface area (Å²) in [6, 6.07) is 19.0. The molecule has 0 aliphatic rings. The Kier molecular flexibility index (Phi) is 9.54. The first-order chi connectivity index (χ1) is 18.8. The lowest BCUT2D eigenvalue weighted by molar-refractivity contribution is -0.121. The number of pyridine rings is 1. The Morgan fingerprint density at radius 3 is 2.51 bits per heavy atom. The summed E-state index contributed by atoms with van der Waals surface area (Å²) in [5.74, 6) is 1.71. The zero-order valence-electron chi connectivity index (χ0n) is 22.6. The summed E-state index contributed by atoms with van der Waals surface area (Å²) in [5, 5.41) is 8.35. The second-order valence-corrected chi connectivity index (χ2v) is 10.4. The lowest BCUT2D eigenvalue weighted by atomic mass is 10.1. The molecule has 0 saturated carbocycles. The van der Waals surface area contributed by atoms with Gasteiger partial charge in [-0.05, 0) is 62.9 Å². The Bertz CT molecular complexity index is 1450. The van der Waals surface area contributed by atoms with Crippen molar-refractivity contribution in [2.75, 3.05) is 12.4 Å². The Hall–Kier alpha value is -3.48. The molecule has 4 rings (SSSR count). The van der Waals surface area contributed by atoms with Crippen LogP contribution in [-0.2, 0) is 4.79 Å². The number of anilines is 1. The summed E-state index contributed by atoms with van der Waals surface area (Å²) in [6.45, 7) is 6.10. The number of methoxy groups -OCH3 is 1. The van der Waals surface area contributed by atoms with E-state index in [4.69, 9.17) is 32.7 Å². The number of hydrogen-bond acceptors (Lipinski definition) is 5. The average Bonchev–Trinajstić information content (AvgIpc) is 2.92. The number of ether oxygens (including phenoxy) is 2. The molecule has 0 radical (unpaired) electrons. The third-order valence-electron chi connectivity index (χ3n) is 6.59. The Morgan fingerprint density at radius 1 is 1.03 bits per heavy atom. The maximum atomic E-state index is 12.5. The van der Waals surface area contributed by atoms with Crippen LogP contribution in [0.25, 0.3) is 10.9 Å². The van der Waals surface area contributed by atoms with Crippen molar-refractivity contribution in [3.8, 4) is 17.2 Å². The fraction of sp³-hybridized carbons (Fsp3) is 0.290. The molecular formula is C31H33Cl2N3O3. The van der Waals surface area contributed by atoms with Crippen molar-refractivity contribution in [2.45, 2.75) is 52.1 Å². The number of nitrogens with zero attached hydrogens (tertiary/aromatic N) is 1. The molecule has 1 unspecified atom stereocenters. The molecule has 0 aliphatic carbocycles. The predicted octanol–water partition coefficient (Wildman–Crippen LogP) is 8.50. The zero-order valence-corrected chi connectivity index (χ0v) is 24.1. The lowest BCUT2D eigenvalue weighted by Gasteiger charge is -2.21. The highest BCUT2D eigenvalue weighted by atomic mass is 35.5. The van der Waals surface area contributed by atoms with Crippen LogP contribution >= 0.6 is 23.2 Å². The molecule has 1 heterocycles. The second-order valence-electron chi connectivity index (χ2n) is 9.62. The van der Waals surface area contributed by atoms with E-state index in [0.29, 0.717) is 33.7 Å². The van der Waals surface area contributed by atoms with Crippen LogP contribution in [0.15, 0.2) is 66.9 Å². The van der Waals surface area contributed by atoms with Gasteiger partial charge in [0.1, 0.15) is 5.75 Å². The van der Waals surface area contributed by atoms with E-state index in [2.05, 4.69) is 22.5 Å². The van der Waals surface area contributed by atoms with Crippen LogP contribution in [0.5, 0.6) is 17.2 Å². The third-order valence-corrected chi connectivity index (χ3v) is 7.33. The molecule has 6 nitrogen and oxygen atoms in total. The van der Waals surface area contributed by atoms with Gasteiger partial charge in [0.2, 0.25) is 5.91 Å². The zero-order chi connectivity index (χ0) is 27.9. The largest absolute Gasteiger partial charge is 0.493 e. The highest BCUT2D eigenvalue weighted by molar-refractivity contribution is 6.42. The standard InChI is InChI=1S/C31H33Cl2N3O3/c1-19-15-16-34-30-26(18-27(38-4)31(29(19)30)39-23-13-14-24(32)25(33)17-23)35-20(2)9-8-12-28(37)36-21(3)22-10-6-5-7-11-22/h5-7,10-11,13-18,20-21,35H,8-9,12H2,1-4H3,(H,36,37)/t20?,21-/m1/s1. The topological polar surface area (TPSA) is 72.5 Å². The number of rotatable bonds is 11. The molecule has 0 bridgehead atoms. The lowest BCUT2D eigenvalue weighted by Crippen LogP contribution is -2.26. The quantitative estimate of drug-likeness (QED) is 0.190. The fourth-order valence-corrected chi connectivity index (χ4v) is 4.79. The number of nitrogens with one attached hydrogen (secondary N) is 2. The summed E-state index contributed by atoms with van der Waals surface area (Å²) in [5.41, 5.74) is 3.69. The number of carbonyl (C=O) groups is 1. The molecule has 2 atom stereocenters. The van der Waals surface area contributed by atoms with E-state index in [0.717, 1.165) is 40.6 Å². The highest BCUT2D eigenvalue weighted by Crippen LogP contribution is 2.44.